The third-order valence-electron chi connectivity index (χ3n) is 3.22. The van der Waals surface area contributed by atoms with Crippen molar-refractivity contribution in [3.05, 3.63) is 23.7 Å². The van der Waals surface area contributed by atoms with Crippen molar-refractivity contribution in [1.82, 2.24) is 14.5 Å². The fourth-order valence-corrected chi connectivity index (χ4v) is 2.46. The molecule has 2 aromatic rings. The number of hydrogen-bond acceptors (Lipinski definition) is 3. The number of halogens is 1. The predicted octanol–water partition coefficient (Wildman–Crippen LogP) is 3.66. The first-order valence-corrected chi connectivity index (χ1v) is 8.16. The maximum atomic E-state index is 5.89. The van der Waals surface area contributed by atoms with E-state index < -0.39 is 0 Å². The van der Waals surface area contributed by atoms with E-state index >= 15 is 0 Å². The van der Waals surface area contributed by atoms with Gasteiger partial charge in [0.25, 0.3) is 0 Å². The molecule has 0 aliphatic rings. The molecule has 3 nitrogen and oxygen atoms in total. The van der Waals surface area contributed by atoms with Crippen LogP contribution in [0.1, 0.15) is 25.4 Å². The van der Waals surface area contributed by atoms with Crippen molar-refractivity contribution in [2.24, 2.45) is 0 Å². The van der Waals surface area contributed by atoms with Crippen molar-refractivity contribution in [2.75, 3.05) is 12.1 Å². The first kappa shape index (κ1) is 14.7. The van der Waals surface area contributed by atoms with E-state index in [1.165, 1.54) is 0 Å². The molecular formula is C14H20ClN3S. The van der Waals surface area contributed by atoms with Crippen LogP contribution in [-0.4, -0.2) is 31.4 Å². The summed E-state index contributed by atoms with van der Waals surface area (Å²) in [5.74, 6) is 1.62. The topological polar surface area (TPSA) is 30.7 Å². The summed E-state index contributed by atoms with van der Waals surface area (Å²) in [5.41, 5.74) is 2.96. The van der Waals surface area contributed by atoms with Crippen molar-refractivity contribution in [2.45, 2.75) is 38.5 Å². The molecule has 0 saturated heterocycles. The third-order valence-corrected chi connectivity index (χ3v) is 4.64. The lowest BCUT2D eigenvalue weighted by atomic mass is 10.2. The number of imidazole rings is 1. The minimum atomic E-state index is 0.153. The summed E-state index contributed by atoms with van der Waals surface area (Å²) in [7, 11) is 0. The number of thioether (sulfide) groups is 1. The zero-order valence-electron chi connectivity index (χ0n) is 11.9. The predicted molar refractivity (Wildman–Crippen MR) is 84.3 cm³/mol. The van der Waals surface area contributed by atoms with Gasteiger partial charge < -0.3 is 4.57 Å². The van der Waals surface area contributed by atoms with Crippen molar-refractivity contribution in [1.29, 1.82) is 0 Å². The second-order valence-electron chi connectivity index (χ2n) is 5.31. The Hall–Kier alpha value is -0.740. The van der Waals surface area contributed by atoms with Crippen LogP contribution in [-0.2, 0) is 13.0 Å². The molecule has 0 fully saturated rings. The lowest BCUT2D eigenvalue weighted by Crippen LogP contribution is -2.24. The summed E-state index contributed by atoms with van der Waals surface area (Å²) < 4.78 is 2.38. The molecule has 0 aliphatic carbocycles. The average molecular weight is 298 g/mol. The second-order valence-corrected chi connectivity index (χ2v) is 7.20. The van der Waals surface area contributed by atoms with Crippen LogP contribution in [0, 0.1) is 6.92 Å². The van der Waals surface area contributed by atoms with Crippen LogP contribution in [0.25, 0.3) is 11.2 Å². The lowest BCUT2D eigenvalue weighted by Gasteiger charge is -2.23. The summed E-state index contributed by atoms with van der Waals surface area (Å²) in [6.45, 7) is 7.39. The third kappa shape index (κ3) is 3.23. The van der Waals surface area contributed by atoms with Crippen LogP contribution in [0.15, 0.2) is 12.1 Å². The zero-order valence-corrected chi connectivity index (χ0v) is 13.5. The molecule has 0 aromatic carbocycles. The van der Waals surface area contributed by atoms with Gasteiger partial charge in [0.1, 0.15) is 11.3 Å². The molecule has 0 radical (unpaired) electrons. The van der Waals surface area contributed by atoms with E-state index in [2.05, 4.69) is 34.6 Å². The maximum absolute atomic E-state index is 5.89. The minimum absolute atomic E-state index is 0.153. The Morgan fingerprint density at radius 2 is 2.05 bits per heavy atom. The molecule has 0 N–H and O–H groups in total. The maximum Gasteiger partial charge on any atom is 0.160 e. The molecule has 104 valence electrons. The van der Waals surface area contributed by atoms with E-state index in [1.54, 1.807) is 0 Å². The fraction of sp³-hybridized carbons (Fsp3) is 0.571. The fourth-order valence-electron chi connectivity index (χ4n) is 2.03. The molecule has 0 saturated carbocycles. The van der Waals surface area contributed by atoms with Crippen molar-refractivity contribution in [3.63, 3.8) is 0 Å². The van der Waals surface area contributed by atoms with Gasteiger partial charge in [-0.1, -0.05) is 0 Å². The van der Waals surface area contributed by atoms with E-state index in [0.29, 0.717) is 5.88 Å². The Labute approximate surface area is 123 Å². The van der Waals surface area contributed by atoms with Gasteiger partial charge in [0, 0.05) is 29.3 Å². The monoisotopic (exact) mass is 297 g/mol. The van der Waals surface area contributed by atoms with Crippen LogP contribution in [0.2, 0.25) is 0 Å². The summed E-state index contributed by atoms with van der Waals surface area (Å²) >= 11 is 7.75. The van der Waals surface area contributed by atoms with Crippen LogP contribution in [0.5, 0.6) is 0 Å². The van der Waals surface area contributed by atoms with Crippen molar-refractivity contribution >= 4 is 34.5 Å². The largest absolute Gasteiger partial charge is 0.311 e. The number of fused-ring (bicyclic) bond motifs is 1. The molecule has 0 spiro atoms. The number of hydrogen-bond donors (Lipinski definition) is 0. The number of alkyl halides is 1. The van der Waals surface area contributed by atoms with E-state index in [4.69, 9.17) is 11.6 Å². The zero-order chi connectivity index (χ0) is 14.0. The molecule has 5 heteroatoms. The lowest BCUT2D eigenvalue weighted by molar-refractivity contribution is 0.558. The highest BCUT2D eigenvalue weighted by molar-refractivity contribution is 7.99. The van der Waals surface area contributed by atoms with Gasteiger partial charge in [-0.25, -0.2) is 9.97 Å². The summed E-state index contributed by atoms with van der Waals surface area (Å²) in [4.78, 5) is 9.31. The van der Waals surface area contributed by atoms with Gasteiger partial charge in [0.15, 0.2) is 5.65 Å². The van der Waals surface area contributed by atoms with E-state index in [9.17, 15) is 0 Å². The Balaban J connectivity index is 2.53. The number of rotatable bonds is 5. The number of aromatic nitrogens is 3. The highest BCUT2D eigenvalue weighted by Gasteiger charge is 2.21. The summed E-state index contributed by atoms with van der Waals surface area (Å²) in [5, 5.41) is 0. The van der Waals surface area contributed by atoms with Gasteiger partial charge >= 0.3 is 0 Å². The summed E-state index contributed by atoms with van der Waals surface area (Å²) in [6.07, 6.45) is 2.92. The van der Waals surface area contributed by atoms with Gasteiger partial charge in [0.2, 0.25) is 0 Å². The normalized spacial score (nSPS) is 12.3. The van der Waals surface area contributed by atoms with Gasteiger partial charge in [-0.15, -0.1) is 11.6 Å². The highest BCUT2D eigenvalue weighted by Crippen LogP contribution is 2.26. The molecule has 0 amide bonds. The van der Waals surface area contributed by atoms with Crippen LogP contribution >= 0.6 is 23.4 Å². The highest BCUT2D eigenvalue weighted by atomic mass is 35.5. The molecule has 2 rings (SSSR count). The van der Waals surface area contributed by atoms with Crippen molar-refractivity contribution in [3.8, 4) is 0 Å². The van der Waals surface area contributed by atoms with Crippen molar-refractivity contribution < 1.29 is 0 Å². The van der Waals surface area contributed by atoms with E-state index in [1.807, 2.05) is 30.8 Å². The minimum Gasteiger partial charge on any atom is -0.311 e. The van der Waals surface area contributed by atoms with E-state index in [0.717, 1.165) is 35.6 Å². The second kappa shape index (κ2) is 5.71. The Morgan fingerprint density at radius 1 is 1.32 bits per heavy atom. The smallest absolute Gasteiger partial charge is 0.160 e. The molecular weight excluding hydrogens is 278 g/mol. The Kier molecular flexibility index (Phi) is 4.41. The van der Waals surface area contributed by atoms with Gasteiger partial charge in [-0.2, -0.15) is 11.8 Å². The molecule has 0 aliphatic heterocycles. The van der Waals surface area contributed by atoms with Gasteiger partial charge in [-0.05, 0) is 39.2 Å². The SMILES string of the molecule is CSC(C)(C)Cn1c(CCCl)nc2ccc(C)nc21. The Bertz CT molecular complexity index is 577. The molecule has 0 atom stereocenters. The quantitative estimate of drug-likeness (QED) is 0.789. The molecule has 19 heavy (non-hydrogen) atoms. The van der Waals surface area contributed by atoms with Crippen LogP contribution in [0.4, 0.5) is 0 Å². The Morgan fingerprint density at radius 3 is 2.68 bits per heavy atom. The number of nitrogens with zero attached hydrogens (tertiary/aromatic N) is 3. The molecule has 2 heterocycles. The van der Waals surface area contributed by atoms with Gasteiger partial charge in [0.05, 0.1) is 0 Å². The number of aryl methyl sites for hydroxylation is 2. The average Bonchev–Trinajstić information content (AvgIpc) is 2.68. The van der Waals surface area contributed by atoms with E-state index in [-0.39, 0.29) is 4.75 Å². The standard InChI is InChI=1S/C14H20ClN3S/c1-10-5-6-11-13(16-10)18(9-14(2,3)19-4)12(17-11)7-8-15/h5-6H,7-9H2,1-4H3. The molecule has 2 aromatic heterocycles. The van der Waals surface area contributed by atoms with Gasteiger partial charge in [-0.3, -0.25) is 0 Å². The first-order chi connectivity index (χ1) is 8.96. The molecule has 0 bridgehead atoms. The van der Waals surface area contributed by atoms with Crippen LogP contribution < -0.4 is 0 Å². The first-order valence-electron chi connectivity index (χ1n) is 6.41. The number of pyridine rings is 1. The summed E-state index contributed by atoms with van der Waals surface area (Å²) in [6, 6.07) is 4.04. The van der Waals surface area contributed by atoms with Crippen LogP contribution in [0.3, 0.4) is 0 Å². The molecule has 0 unspecified atom stereocenters.